The van der Waals surface area contributed by atoms with Crippen LogP contribution in [0.3, 0.4) is 0 Å². The summed E-state index contributed by atoms with van der Waals surface area (Å²) in [6.45, 7) is 10.1. The quantitative estimate of drug-likeness (QED) is 0.0294. The summed E-state index contributed by atoms with van der Waals surface area (Å²) in [7, 11) is 3.04. The number of nitriles is 1. The van der Waals surface area contributed by atoms with E-state index in [1.165, 1.54) is 67.5 Å². The van der Waals surface area contributed by atoms with Crippen LogP contribution in [0.25, 0.3) is 22.0 Å². The molecule has 16 nitrogen and oxygen atoms in total. The van der Waals surface area contributed by atoms with Gasteiger partial charge in [0, 0.05) is 124 Å². The van der Waals surface area contributed by atoms with Gasteiger partial charge in [-0.1, -0.05) is 92.0 Å². The van der Waals surface area contributed by atoms with Crippen LogP contribution in [-0.4, -0.2) is 140 Å². The fourth-order valence-electron chi connectivity index (χ4n) is 11.3. The van der Waals surface area contributed by atoms with Crippen molar-refractivity contribution < 1.29 is 56.1 Å². The summed E-state index contributed by atoms with van der Waals surface area (Å²) in [6, 6.07) is 18.4. The van der Waals surface area contributed by atoms with Crippen LogP contribution >= 0.6 is 34.8 Å². The van der Waals surface area contributed by atoms with E-state index in [9.17, 15) is 29.5 Å². The van der Waals surface area contributed by atoms with Crippen LogP contribution < -0.4 is 20.3 Å². The minimum absolute atomic E-state index is 0.00734. The summed E-state index contributed by atoms with van der Waals surface area (Å²) < 4.78 is 81.0. The molecule has 2 amide bonds. The van der Waals surface area contributed by atoms with E-state index in [1.54, 1.807) is 30.1 Å². The number of halogens is 7. The van der Waals surface area contributed by atoms with Gasteiger partial charge in [0.1, 0.15) is 45.7 Å². The van der Waals surface area contributed by atoms with Crippen molar-refractivity contribution in [3.05, 3.63) is 139 Å². The fraction of sp³-hybridized carbons (Fsp3) is 0.413. The van der Waals surface area contributed by atoms with Crippen LogP contribution in [0.4, 0.5) is 29.3 Å². The number of fused-ring (bicyclic) bond motifs is 1. The predicted octanol–water partition coefficient (Wildman–Crippen LogP) is 11.3. The Hall–Kier alpha value is -7.12. The van der Waals surface area contributed by atoms with Gasteiger partial charge in [0.05, 0.1) is 54.7 Å². The van der Waals surface area contributed by atoms with Crippen molar-refractivity contribution in [1.29, 1.82) is 5.26 Å². The second kappa shape index (κ2) is 28.1. The minimum atomic E-state index is -1.80. The number of hydrogen-bond donors (Lipinski definition) is 3. The van der Waals surface area contributed by atoms with Crippen molar-refractivity contribution in [3.8, 4) is 28.7 Å². The Bertz CT molecular complexity index is 3540. The molecule has 6 aromatic rings. The first-order valence-electron chi connectivity index (χ1n) is 28.1. The number of nitrogens with zero attached hydrogens (tertiary/aromatic N) is 6. The number of likely N-dealkylation sites (N-methyl/N-ethyl adjacent to an activating group) is 1. The fourth-order valence-corrected chi connectivity index (χ4v) is 11.9. The minimum Gasteiger partial charge on any atom is -0.507 e. The molecule has 2 saturated heterocycles. The number of methoxy groups -OCH3 is 1. The molecule has 8 rings (SSSR count). The van der Waals surface area contributed by atoms with Gasteiger partial charge in [-0.3, -0.25) is 19.2 Å². The first-order valence-corrected chi connectivity index (χ1v) is 29.2. The maximum absolute atomic E-state index is 16.5. The number of aromatic hydroxyl groups is 1. The Balaban J connectivity index is 0.809. The number of Topliss-reactive ketones (excluding diaryl/α,β-unsaturated/α-hetero) is 2. The second-order valence-electron chi connectivity index (χ2n) is 22.5. The monoisotopic (exact) mass is 1240 g/mol. The molecule has 456 valence electrons. The van der Waals surface area contributed by atoms with Crippen LogP contribution in [0, 0.1) is 40.0 Å². The van der Waals surface area contributed by atoms with Crippen molar-refractivity contribution in [1.82, 2.24) is 25.1 Å². The Morgan fingerprint density at radius 1 is 0.860 bits per heavy atom. The van der Waals surface area contributed by atoms with Crippen LogP contribution in [0.5, 0.6) is 11.5 Å². The number of hydrogen-bond acceptors (Lipinski definition) is 14. The highest BCUT2D eigenvalue weighted by Crippen LogP contribution is 2.53. The smallest absolute Gasteiger partial charge is 0.225 e. The molecule has 2 aliphatic rings. The summed E-state index contributed by atoms with van der Waals surface area (Å²) in [5.74, 6) is -5.59. The van der Waals surface area contributed by atoms with E-state index in [1.807, 2.05) is 25.7 Å². The molecule has 0 radical (unpaired) electrons. The van der Waals surface area contributed by atoms with Crippen molar-refractivity contribution in [2.45, 2.75) is 83.2 Å². The van der Waals surface area contributed by atoms with Gasteiger partial charge in [0.25, 0.3) is 0 Å². The van der Waals surface area contributed by atoms with E-state index in [0.29, 0.717) is 56.0 Å². The number of ether oxygens (including phenoxy) is 3. The number of ketones is 2. The van der Waals surface area contributed by atoms with E-state index >= 15 is 17.6 Å². The molecule has 0 bridgehead atoms. The largest absolute Gasteiger partial charge is 0.507 e. The van der Waals surface area contributed by atoms with Gasteiger partial charge in [-0.05, 0) is 66.3 Å². The summed E-state index contributed by atoms with van der Waals surface area (Å²) in [6.07, 6.45) is 0.591. The molecule has 23 heteroatoms. The average molecular weight is 1250 g/mol. The summed E-state index contributed by atoms with van der Waals surface area (Å²) in [5, 5.41) is 28.1. The number of rotatable bonds is 24. The van der Waals surface area contributed by atoms with Crippen LogP contribution in [-0.2, 0) is 35.7 Å². The zero-order valence-electron chi connectivity index (χ0n) is 48.5. The molecule has 4 atom stereocenters. The van der Waals surface area contributed by atoms with Gasteiger partial charge in [0.15, 0.2) is 17.4 Å². The zero-order valence-corrected chi connectivity index (χ0v) is 50.7. The number of aromatic nitrogens is 2. The normalized spacial score (nSPS) is 17.8. The Labute approximate surface area is 511 Å². The van der Waals surface area contributed by atoms with Crippen LogP contribution in [0.15, 0.2) is 78.9 Å². The highest BCUT2D eigenvalue weighted by atomic mass is 35.5. The molecule has 1 aromatic heterocycles. The van der Waals surface area contributed by atoms with Crippen molar-refractivity contribution >= 4 is 80.9 Å². The molecular weight excluding hydrogens is 1180 g/mol. The van der Waals surface area contributed by atoms with Gasteiger partial charge < -0.3 is 44.7 Å². The maximum Gasteiger partial charge on any atom is 0.225 e. The van der Waals surface area contributed by atoms with Crippen molar-refractivity contribution in [3.63, 3.8) is 0 Å². The molecule has 2 aliphatic heterocycles. The van der Waals surface area contributed by atoms with E-state index in [0.717, 1.165) is 12.1 Å². The number of piperazine rings is 1. The number of nitrogens with one attached hydrogen (secondary N) is 2. The Kier molecular flexibility index (Phi) is 21.2. The van der Waals surface area contributed by atoms with Crippen molar-refractivity contribution in [2.24, 2.45) is 5.41 Å². The maximum atomic E-state index is 16.5. The summed E-state index contributed by atoms with van der Waals surface area (Å²) in [4.78, 5) is 67.5. The average Bonchev–Trinajstić information content (AvgIpc) is 1.50. The topological polar surface area (TPSA) is 200 Å². The molecule has 2 fully saturated rings. The van der Waals surface area contributed by atoms with Gasteiger partial charge in [-0.15, -0.1) is 0 Å². The molecular formula is C63H67Cl3F4N8O8. The first kappa shape index (κ1) is 64.9. The van der Waals surface area contributed by atoms with Gasteiger partial charge >= 0.3 is 0 Å². The lowest BCUT2D eigenvalue weighted by Gasteiger charge is -2.37. The SMILES string of the molecule is COc1cc(C(=O)CCCOCCOCCN(C)C(=O)CCNc2nc(N3CCN(C(C)=O)CC3)c3cc(Cl)c(-c4c(O)cccc4F)c(F)c3n2)ccc1CC(=O)[C@@H]1N[C@@H](CC(C)(C)C)[C@](C#N)(c2ccc(Cl)cc2F)[C@H]1c1cccc(Cl)c1F. The lowest BCUT2D eigenvalue weighted by Crippen LogP contribution is -2.48. The third kappa shape index (κ3) is 14.5. The number of carbonyl (C=O) groups excluding carboxylic acids is 4. The molecule has 0 saturated carbocycles. The lowest BCUT2D eigenvalue weighted by atomic mass is 9.62. The van der Waals surface area contributed by atoms with E-state index in [2.05, 4.69) is 26.7 Å². The third-order valence-electron chi connectivity index (χ3n) is 15.6. The van der Waals surface area contributed by atoms with E-state index < -0.39 is 69.2 Å². The number of carbonyl (C=O) groups is 4. The molecule has 5 aromatic carbocycles. The Morgan fingerprint density at radius 3 is 2.26 bits per heavy atom. The number of phenolic OH excluding ortho intramolecular Hbond substituents is 1. The van der Waals surface area contributed by atoms with Gasteiger partial charge in [-0.2, -0.15) is 10.2 Å². The molecule has 0 unspecified atom stereocenters. The third-order valence-corrected chi connectivity index (χ3v) is 16.4. The highest BCUT2D eigenvalue weighted by Gasteiger charge is 2.61. The van der Waals surface area contributed by atoms with Gasteiger partial charge in [-0.25, -0.2) is 22.5 Å². The number of anilines is 2. The van der Waals surface area contributed by atoms with E-state index in [-0.39, 0.29) is 131 Å². The molecule has 86 heavy (non-hydrogen) atoms. The predicted molar refractivity (Wildman–Crippen MR) is 321 cm³/mol. The lowest BCUT2D eigenvalue weighted by molar-refractivity contribution is -0.130. The standard InChI is InChI=1S/C63H67Cl3F4N8O8/c1-36(79)77-21-23-78(24-22-77)60-41-33-44(66)53(54-45(67)12-8-13-48(54)81)57(70)58(41)74-61(75-60)72-20-19-52(83)76(5)25-27-86-29-28-85-26-9-14-47(80)37-15-16-38(50(31-37)84-6)30-49(82)59-55(40-10-7-11-43(65)56(40)69)63(35-71,51(73-59)34-62(2,3)4)42-18-17-39(64)32-46(42)68/h7-8,10-13,15-18,31-33,51,55,59,73,81H,9,14,19-30,34H2,1-6H3,(H,72,74,75)/t51-,55-,59-,63-/m0/s1. The second-order valence-corrected chi connectivity index (χ2v) is 23.8. The molecule has 3 heterocycles. The molecule has 3 N–H and O–H groups in total. The van der Waals surface area contributed by atoms with Gasteiger partial charge in [0.2, 0.25) is 17.8 Å². The first-order chi connectivity index (χ1) is 41.0. The van der Waals surface area contributed by atoms with Crippen LogP contribution in [0.1, 0.15) is 86.3 Å². The zero-order chi connectivity index (χ0) is 62.2. The number of amides is 2. The van der Waals surface area contributed by atoms with E-state index in [4.69, 9.17) is 49.0 Å². The highest BCUT2D eigenvalue weighted by molar-refractivity contribution is 6.34. The van der Waals surface area contributed by atoms with Crippen LogP contribution in [0.2, 0.25) is 15.1 Å². The Morgan fingerprint density at radius 2 is 1.58 bits per heavy atom. The number of phenols is 1. The molecule has 0 aliphatic carbocycles. The molecule has 0 spiro atoms. The summed E-state index contributed by atoms with van der Waals surface area (Å²) >= 11 is 19.1. The van der Waals surface area contributed by atoms with Crippen molar-refractivity contribution in [2.75, 3.05) is 90.1 Å². The number of benzene rings is 5. The summed E-state index contributed by atoms with van der Waals surface area (Å²) in [5.41, 5.74) is -2.50.